The number of rotatable bonds is 3. The van der Waals surface area contributed by atoms with E-state index in [2.05, 4.69) is 0 Å². The number of aryl methyl sites for hydroxylation is 1. The molecule has 0 amide bonds. The summed E-state index contributed by atoms with van der Waals surface area (Å²) in [6.07, 6.45) is -0.234. The van der Waals surface area contributed by atoms with Crippen molar-refractivity contribution in [3.63, 3.8) is 0 Å². The van der Waals surface area contributed by atoms with Gasteiger partial charge in [0.1, 0.15) is 0 Å². The van der Waals surface area contributed by atoms with Crippen LogP contribution in [0.15, 0.2) is 12.1 Å². The second-order valence-corrected chi connectivity index (χ2v) is 4.12. The van der Waals surface area contributed by atoms with E-state index >= 15 is 0 Å². The molecule has 1 nitrogen and oxygen atoms in total. The Morgan fingerprint density at radius 2 is 2.17 bits per heavy atom. The maximum atomic E-state index is 12.7. The Morgan fingerprint density at radius 1 is 1.50 bits per heavy atom. The molecule has 0 aliphatic carbocycles. The molecule has 12 heavy (non-hydrogen) atoms. The summed E-state index contributed by atoms with van der Waals surface area (Å²) in [6, 6.07) is 3.57. The van der Waals surface area contributed by atoms with Crippen LogP contribution in [-0.2, 0) is 6.42 Å². The normalized spacial score (nSPS) is 12.0. The summed E-state index contributed by atoms with van der Waals surface area (Å²) in [5.41, 5.74) is 4.92. The van der Waals surface area contributed by atoms with Crippen LogP contribution in [0.5, 0.6) is 0 Å². The van der Waals surface area contributed by atoms with E-state index < -0.39 is 12.5 Å². The van der Waals surface area contributed by atoms with E-state index in [4.69, 9.17) is 5.73 Å². The molecule has 1 aromatic rings. The molecule has 0 radical (unpaired) electrons. The summed E-state index contributed by atoms with van der Waals surface area (Å²) in [6.45, 7) is 1.32. The van der Waals surface area contributed by atoms with Crippen LogP contribution in [-0.4, -0.2) is 12.5 Å². The average molecular weight is 191 g/mol. The van der Waals surface area contributed by atoms with E-state index in [0.717, 1.165) is 4.88 Å². The Kier molecular flexibility index (Phi) is 2.80. The summed E-state index contributed by atoms with van der Waals surface area (Å²) in [4.78, 5) is 1.75. The fourth-order valence-electron chi connectivity index (χ4n) is 0.907. The van der Waals surface area contributed by atoms with Crippen molar-refractivity contribution >= 4 is 11.3 Å². The summed E-state index contributed by atoms with van der Waals surface area (Å²) in [5, 5.41) is 0. The number of halogens is 2. The van der Waals surface area contributed by atoms with Gasteiger partial charge in [-0.05, 0) is 19.1 Å². The highest BCUT2D eigenvalue weighted by Crippen LogP contribution is 2.23. The van der Waals surface area contributed by atoms with Crippen molar-refractivity contribution in [2.24, 2.45) is 5.73 Å². The van der Waals surface area contributed by atoms with E-state index in [1.165, 1.54) is 11.3 Å². The molecule has 0 unspecified atom stereocenters. The third-order valence-electron chi connectivity index (χ3n) is 1.53. The molecule has 0 bridgehead atoms. The molecule has 1 aromatic heterocycles. The van der Waals surface area contributed by atoms with Crippen molar-refractivity contribution in [1.82, 2.24) is 0 Å². The molecule has 68 valence electrons. The van der Waals surface area contributed by atoms with Crippen molar-refractivity contribution in [3.05, 3.63) is 21.9 Å². The van der Waals surface area contributed by atoms with Gasteiger partial charge < -0.3 is 5.73 Å². The lowest BCUT2D eigenvalue weighted by Gasteiger charge is -2.11. The highest BCUT2D eigenvalue weighted by atomic mass is 32.1. The maximum absolute atomic E-state index is 12.7. The molecule has 0 fully saturated rings. The zero-order valence-corrected chi connectivity index (χ0v) is 7.63. The van der Waals surface area contributed by atoms with Crippen molar-refractivity contribution < 1.29 is 8.78 Å². The topological polar surface area (TPSA) is 26.0 Å². The predicted octanol–water partition coefficient (Wildman–Crippen LogP) is 2.19. The summed E-state index contributed by atoms with van der Waals surface area (Å²) in [7, 11) is 0. The maximum Gasteiger partial charge on any atom is 0.264 e. The summed E-state index contributed by atoms with van der Waals surface area (Å²) < 4.78 is 25.5. The smallest absolute Gasteiger partial charge is 0.264 e. The zero-order valence-electron chi connectivity index (χ0n) is 6.81. The van der Waals surface area contributed by atoms with Crippen molar-refractivity contribution in [2.45, 2.75) is 19.3 Å². The molecule has 1 rings (SSSR count). The first-order valence-corrected chi connectivity index (χ1v) is 4.48. The van der Waals surface area contributed by atoms with E-state index in [1.54, 1.807) is 6.07 Å². The minimum absolute atomic E-state index is 0.234. The molecule has 0 aromatic carbocycles. The van der Waals surface area contributed by atoms with E-state index in [1.807, 2.05) is 13.0 Å². The van der Waals surface area contributed by atoms with Crippen LogP contribution < -0.4 is 5.73 Å². The molecule has 0 saturated carbocycles. The Morgan fingerprint density at radius 3 is 2.58 bits per heavy atom. The van der Waals surface area contributed by atoms with Gasteiger partial charge in [-0.2, -0.15) is 0 Å². The van der Waals surface area contributed by atoms with Crippen LogP contribution >= 0.6 is 11.3 Å². The number of thiophene rings is 1. The lowest BCUT2D eigenvalue weighted by molar-refractivity contribution is 0.0123. The van der Waals surface area contributed by atoms with Gasteiger partial charge in [-0.3, -0.25) is 0 Å². The van der Waals surface area contributed by atoms with Gasteiger partial charge >= 0.3 is 0 Å². The average Bonchev–Trinajstić information content (AvgIpc) is 2.35. The van der Waals surface area contributed by atoms with Crippen LogP contribution in [0.3, 0.4) is 0 Å². The molecule has 0 saturated heterocycles. The monoisotopic (exact) mass is 191 g/mol. The Hall–Kier alpha value is -0.480. The van der Waals surface area contributed by atoms with E-state index in [9.17, 15) is 8.78 Å². The van der Waals surface area contributed by atoms with E-state index in [0.29, 0.717) is 4.88 Å². The summed E-state index contributed by atoms with van der Waals surface area (Å²) in [5.74, 6) is -2.75. The highest BCUT2D eigenvalue weighted by molar-refractivity contribution is 7.11. The Balaban J connectivity index is 2.63. The molecule has 4 heteroatoms. The van der Waals surface area contributed by atoms with Gasteiger partial charge in [0, 0.05) is 16.2 Å². The van der Waals surface area contributed by atoms with Crippen LogP contribution in [0.1, 0.15) is 9.75 Å². The first kappa shape index (κ1) is 9.61. The quantitative estimate of drug-likeness (QED) is 0.778. The number of hydrogen-bond donors (Lipinski definition) is 1. The molecule has 0 aliphatic heterocycles. The fraction of sp³-hybridized carbons (Fsp3) is 0.500. The lowest BCUT2D eigenvalue weighted by atomic mass is 10.2. The largest absolute Gasteiger partial charge is 0.325 e. The zero-order chi connectivity index (χ0) is 9.19. The first-order chi connectivity index (χ1) is 5.53. The number of hydrogen-bond acceptors (Lipinski definition) is 2. The number of nitrogens with two attached hydrogens (primary N) is 1. The van der Waals surface area contributed by atoms with Gasteiger partial charge in [-0.1, -0.05) is 0 Å². The third kappa shape index (κ3) is 2.53. The van der Waals surface area contributed by atoms with Crippen LogP contribution in [0.25, 0.3) is 0 Å². The molecule has 2 N–H and O–H groups in total. The SMILES string of the molecule is Cc1ccc(CC(F)(F)CN)s1. The molecular weight excluding hydrogens is 180 g/mol. The second-order valence-electron chi connectivity index (χ2n) is 2.75. The molecular formula is C8H11F2NS. The van der Waals surface area contributed by atoms with Crippen molar-refractivity contribution in [3.8, 4) is 0 Å². The Labute approximate surface area is 74.2 Å². The predicted molar refractivity (Wildman–Crippen MR) is 46.8 cm³/mol. The van der Waals surface area contributed by atoms with Gasteiger partial charge in [-0.15, -0.1) is 11.3 Å². The van der Waals surface area contributed by atoms with Crippen LogP contribution in [0.4, 0.5) is 8.78 Å². The third-order valence-corrected chi connectivity index (χ3v) is 2.53. The van der Waals surface area contributed by atoms with Gasteiger partial charge in [0.2, 0.25) is 0 Å². The second kappa shape index (κ2) is 3.49. The molecule has 0 aliphatic rings. The lowest BCUT2D eigenvalue weighted by Crippen LogP contribution is -2.29. The van der Waals surface area contributed by atoms with E-state index in [-0.39, 0.29) is 6.42 Å². The molecule has 0 spiro atoms. The van der Waals surface area contributed by atoms with Gasteiger partial charge in [0.05, 0.1) is 6.54 Å². The molecule has 0 atom stereocenters. The standard InChI is InChI=1S/C8H11F2NS/c1-6-2-3-7(12-6)4-8(9,10)5-11/h2-3H,4-5,11H2,1H3. The van der Waals surface area contributed by atoms with Gasteiger partial charge in [0.15, 0.2) is 0 Å². The number of alkyl halides is 2. The highest BCUT2D eigenvalue weighted by Gasteiger charge is 2.27. The molecule has 1 heterocycles. The minimum atomic E-state index is -2.75. The fourth-order valence-corrected chi connectivity index (χ4v) is 1.88. The van der Waals surface area contributed by atoms with Crippen molar-refractivity contribution in [2.75, 3.05) is 6.54 Å². The van der Waals surface area contributed by atoms with Crippen LogP contribution in [0, 0.1) is 6.92 Å². The van der Waals surface area contributed by atoms with Crippen LogP contribution in [0.2, 0.25) is 0 Å². The van der Waals surface area contributed by atoms with Crippen molar-refractivity contribution in [1.29, 1.82) is 0 Å². The summed E-state index contributed by atoms with van der Waals surface area (Å²) >= 11 is 1.39. The van der Waals surface area contributed by atoms with Gasteiger partial charge in [-0.25, -0.2) is 8.78 Å². The Bertz CT molecular complexity index is 257. The van der Waals surface area contributed by atoms with Gasteiger partial charge in [0.25, 0.3) is 5.92 Å². The minimum Gasteiger partial charge on any atom is -0.325 e. The first-order valence-electron chi connectivity index (χ1n) is 3.67.